The van der Waals surface area contributed by atoms with Gasteiger partial charge in [0.05, 0.1) is 0 Å². The van der Waals surface area contributed by atoms with E-state index in [1.54, 1.807) is 0 Å². The van der Waals surface area contributed by atoms with Crippen LogP contribution in [0.3, 0.4) is 0 Å². The minimum absolute atomic E-state index is 0.292. The first-order valence-electron chi connectivity index (χ1n) is 1.94. The number of alkyl halides is 2. The lowest BCUT2D eigenvalue weighted by Gasteiger charge is -2.04. The van der Waals surface area contributed by atoms with Crippen LogP contribution in [0.15, 0.2) is 9.66 Å². The molecule has 0 saturated carbocycles. The Labute approximate surface area is 63.1 Å². The standard InChI is InChI=1S/C4H3F4I/c1-4(7,8)2(5)3(6)9/h1H3/b3-2-. The van der Waals surface area contributed by atoms with E-state index in [1.165, 1.54) is 0 Å². The Balaban J connectivity index is 4.40. The number of halogens is 5. The Morgan fingerprint density at radius 3 is 1.67 bits per heavy atom. The maximum absolute atomic E-state index is 11.8. The predicted molar refractivity (Wildman–Crippen MR) is 33.9 cm³/mol. The summed E-state index contributed by atoms with van der Waals surface area (Å²) in [7, 11) is 0. The Bertz CT molecular complexity index is 130. The van der Waals surface area contributed by atoms with Gasteiger partial charge in [-0.2, -0.15) is 13.2 Å². The molecule has 0 aromatic heterocycles. The molecule has 0 aliphatic rings. The molecular formula is C4H3F4I. The van der Waals surface area contributed by atoms with Crippen molar-refractivity contribution in [1.82, 2.24) is 0 Å². The van der Waals surface area contributed by atoms with Gasteiger partial charge in [-0.15, -0.1) is 0 Å². The van der Waals surface area contributed by atoms with Gasteiger partial charge in [0.25, 0.3) is 5.92 Å². The van der Waals surface area contributed by atoms with Gasteiger partial charge in [0.2, 0.25) is 5.83 Å². The van der Waals surface area contributed by atoms with Crippen molar-refractivity contribution in [2.75, 3.05) is 0 Å². The van der Waals surface area contributed by atoms with Gasteiger partial charge in [0, 0.05) is 6.92 Å². The van der Waals surface area contributed by atoms with E-state index in [1.807, 2.05) is 0 Å². The zero-order chi connectivity index (χ0) is 7.65. The molecule has 0 fully saturated rings. The SMILES string of the molecule is CC(F)(F)/C(F)=C(\F)I. The molecule has 0 spiro atoms. The quantitative estimate of drug-likeness (QED) is 0.498. The van der Waals surface area contributed by atoms with Crippen LogP contribution in [-0.4, -0.2) is 5.92 Å². The molecule has 0 atom stereocenters. The third kappa shape index (κ3) is 3.02. The zero-order valence-electron chi connectivity index (χ0n) is 4.39. The maximum atomic E-state index is 11.8. The van der Waals surface area contributed by atoms with Crippen molar-refractivity contribution in [3.63, 3.8) is 0 Å². The molecule has 0 nitrogen and oxygen atoms in total. The molecule has 0 unspecified atom stereocenters. The van der Waals surface area contributed by atoms with E-state index in [-0.39, 0.29) is 0 Å². The second kappa shape index (κ2) is 2.85. The summed E-state index contributed by atoms with van der Waals surface area (Å²) in [5.74, 6) is -5.70. The van der Waals surface area contributed by atoms with Crippen LogP contribution in [-0.2, 0) is 0 Å². The van der Waals surface area contributed by atoms with Crippen LogP contribution in [0.25, 0.3) is 0 Å². The maximum Gasteiger partial charge on any atom is 0.299 e. The van der Waals surface area contributed by atoms with Crippen LogP contribution >= 0.6 is 22.6 Å². The summed E-state index contributed by atoms with van der Waals surface area (Å²) >= 11 is 0.852. The normalized spacial score (nSPS) is 15.3. The highest BCUT2D eigenvalue weighted by Gasteiger charge is 2.31. The van der Waals surface area contributed by atoms with Crippen LogP contribution < -0.4 is 0 Å². The van der Waals surface area contributed by atoms with Crippen LogP contribution in [0.4, 0.5) is 17.6 Å². The van der Waals surface area contributed by atoms with Gasteiger partial charge >= 0.3 is 0 Å². The molecule has 0 saturated heterocycles. The summed E-state index contributed by atoms with van der Waals surface area (Å²) in [6.45, 7) is 0.292. The molecule has 0 aromatic rings. The molecule has 0 aliphatic heterocycles. The minimum atomic E-state index is -3.69. The van der Waals surface area contributed by atoms with E-state index in [4.69, 9.17) is 0 Å². The third-order valence-corrected chi connectivity index (χ3v) is 1.02. The molecule has 54 valence electrons. The molecule has 0 aromatic carbocycles. The summed E-state index contributed by atoms with van der Waals surface area (Å²) in [5, 5.41) is 0. The van der Waals surface area contributed by atoms with Crippen LogP contribution in [0.2, 0.25) is 0 Å². The third-order valence-electron chi connectivity index (χ3n) is 0.551. The summed E-state index contributed by atoms with van der Waals surface area (Å²) < 4.78 is 45.3. The summed E-state index contributed by atoms with van der Waals surface area (Å²) in [4.78, 5) is 0. The van der Waals surface area contributed by atoms with Gasteiger partial charge < -0.3 is 0 Å². The van der Waals surface area contributed by atoms with E-state index < -0.39 is 15.6 Å². The molecule has 9 heavy (non-hydrogen) atoms. The molecule has 0 rings (SSSR count). The second-order valence-corrected chi connectivity index (χ2v) is 2.41. The van der Waals surface area contributed by atoms with Gasteiger partial charge in [-0.1, -0.05) is 0 Å². The Morgan fingerprint density at radius 1 is 1.33 bits per heavy atom. The van der Waals surface area contributed by atoms with Gasteiger partial charge in [0.1, 0.15) is 0 Å². The highest BCUT2D eigenvalue weighted by atomic mass is 127. The smallest absolute Gasteiger partial charge is 0.201 e. The van der Waals surface area contributed by atoms with Crippen molar-refractivity contribution in [3.8, 4) is 0 Å². The predicted octanol–water partition coefficient (Wildman–Crippen LogP) is 3.18. The first-order valence-corrected chi connectivity index (χ1v) is 3.02. The summed E-state index contributed by atoms with van der Waals surface area (Å²) in [5.41, 5.74) is 0. The monoisotopic (exact) mass is 254 g/mol. The Hall–Kier alpha value is 0.190. The molecule has 5 heteroatoms. The summed E-state index contributed by atoms with van der Waals surface area (Å²) in [6, 6.07) is 0. The number of rotatable bonds is 1. The highest BCUT2D eigenvalue weighted by molar-refractivity contribution is 14.1. The number of hydrogen-bond donors (Lipinski definition) is 0. The zero-order valence-corrected chi connectivity index (χ0v) is 6.55. The van der Waals surface area contributed by atoms with Crippen molar-refractivity contribution in [2.45, 2.75) is 12.8 Å². The van der Waals surface area contributed by atoms with Gasteiger partial charge in [0.15, 0.2) is 3.83 Å². The van der Waals surface area contributed by atoms with Crippen LogP contribution in [0, 0.1) is 0 Å². The van der Waals surface area contributed by atoms with Crippen molar-refractivity contribution < 1.29 is 17.6 Å². The lowest BCUT2D eigenvalue weighted by Crippen LogP contribution is -2.10. The first-order chi connectivity index (χ1) is 3.85. The number of allylic oxidation sites excluding steroid dienone is 1. The lowest BCUT2D eigenvalue weighted by atomic mass is 10.4. The average molecular weight is 254 g/mol. The molecule has 0 heterocycles. The van der Waals surface area contributed by atoms with Crippen molar-refractivity contribution in [1.29, 1.82) is 0 Å². The van der Waals surface area contributed by atoms with Gasteiger partial charge in [-0.25, -0.2) is 4.39 Å². The molecule has 0 N–H and O–H groups in total. The van der Waals surface area contributed by atoms with Crippen LogP contribution in [0.5, 0.6) is 0 Å². The molecule has 0 amide bonds. The summed E-state index contributed by atoms with van der Waals surface area (Å²) in [6.07, 6.45) is 0. The van der Waals surface area contributed by atoms with E-state index in [9.17, 15) is 17.6 Å². The molecule has 0 bridgehead atoms. The fourth-order valence-electron chi connectivity index (χ4n) is 0.166. The fourth-order valence-corrected chi connectivity index (χ4v) is 0.639. The molecule has 0 radical (unpaired) electrons. The number of hydrogen-bond acceptors (Lipinski definition) is 0. The second-order valence-electron chi connectivity index (χ2n) is 1.46. The van der Waals surface area contributed by atoms with E-state index in [0.717, 1.165) is 22.6 Å². The largest absolute Gasteiger partial charge is 0.299 e. The van der Waals surface area contributed by atoms with E-state index in [0.29, 0.717) is 6.92 Å². The van der Waals surface area contributed by atoms with Crippen molar-refractivity contribution >= 4 is 22.6 Å². The Morgan fingerprint density at radius 2 is 1.67 bits per heavy atom. The van der Waals surface area contributed by atoms with Crippen molar-refractivity contribution in [2.24, 2.45) is 0 Å². The molecular weight excluding hydrogens is 251 g/mol. The Kier molecular flexibility index (Phi) is 2.91. The first kappa shape index (κ1) is 9.19. The molecule has 0 aliphatic carbocycles. The highest BCUT2D eigenvalue weighted by Crippen LogP contribution is 2.30. The average Bonchev–Trinajstić information content (AvgIpc) is 1.62. The fraction of sp³-hybridized carbons (Fsp3) is 0.500. The van der Waals surface area contributed by atoms with E-state index in [2.05, 4.69) is 0 Å². The van der Waals surface area contributed by atoms with Gasteiger partial charge in [-0.05, 0) is 22.6 Å². The topological polar surface area (TPSA) is 0 Å². The van der Waals surface area contributed by atoms with Gasteiger partial charge in [-0.3, -0.25) is 0 Å². The lowest BCUT2D eigenvalue weighted by molar-refractivity contribution is 0.0364. The van der Waals surface area contributed by atoms with Crippen LogP contribution in [0.1, 0.15) is 6.92 Å². The van der Waals surface area contributed by atoms with E-state index >= 15 is 0 Å². The van der Waals surface area contributed by atoms with Crippen molar-refractivity contribution in [3.05, 3.63) is 9.66 Å². The minimum Gasteiger partial charge on any atom is -0.201 e.